The normalized spacial score (nSPS) is 10.2. The number of anilines is 1. The number of amides is 1. The first-order chi connectivity index (χ1) is 9.88. The fraction of sp³-hybridized carbons (Fsp3) is 0. The SMILES string of the molecule is O=C(Nc1ccc(F)c(F)c1)c1cc([N+](=O)[O-])ccc1I. The quantitative estimate of drug-likeness (QED) is 0.482. The summed E-state index contributed by atoms with van der Waals surface area (Å²) in [6, 6.07) is 6.73. The molecule has 21 heavy (non-hydrogen) atoms. The van der Waals surface area contributed by atoms with Crippen molar-refractivity contribution in [2.75, 3.05) is 5.32 Å². The van der Waals surface area contributed by atoms with E-state index >= 15 is 0 Å². The zero-order valence-electron chi connectivity index (χ0n) is 10.3. The number of hydrogen-bond acceptors (Lipinski definition) is 3. The fourth-order valence-corrected chi connectivity index (χ4v) is 2.15. The molecule has 2 rings (SSSR count). The van der Waals surface area contributed by atoms with Crippen LogP contribution in [0.15, 0.2) is 36.4 Å². The lowest BCUT2D eigenvalue weighted by Crippen LogP contribution is -2.14. The second-order valence-electron chi connectivity index (χ2n) is 4.00. The molecule has 1 N–H and O–H groups in total. The Labute approximate surface area is 131 Å². The first-order valence-corrected chi connectivity index (χ1v) is 6.66. The van der Waals surface area contributed by atoms with Gasteiger partial charge in [0.25, 0.3) is 11.6 Å². The molecular formula is C13H7F2IN2O3. The van der Waals surface area contributed by atoms with Crippen molar-refractivity contribution in [1.29, 1.82) is 0 Å². The van der Waals surface area contributed by atoms with Crippen LogP contribution in [0.4, 0.5) is 20.2 Å². The maximum absolute atomic E-state index is 13.1. The van der Waals surface area contributed by atoms with Crippen molar-refractivity contribution in [2.45, 2.75) is 0 Å². The van der Waals surface area contributed by atoms with E-state index in [0.717, 1.165) is 18.2 Å². The van der Waals surface area contributed by atoms with Gasteiger partial charge in [-0.1, -0.05) is 0 Å². The lowest BCUT2D eigenvalue weighted by molar-refractivity contribution is -0.384. The molecule has 0 aromatic heterocycles. The molecule has 5 nitrogen and oxygen atoms in total. The van der Waals surface area contributed by atoms with Crippen LogP contribution in [0, 0.1) is 25.3 Å². The number of rotatable bonds is 3. The van der Waals surface area contributed by atoms with E-state index in [1.165, 1.54) is 18.2 Å². The lowest BCUT2D eigenvalue weighted by atomic mass is 10.2. The lowest BCUT2D eigenvalue weighted by Gasteiger charge is -2.07. The number of nitrogens with zero attached hydrogens (tertiary/aromatic N) is 1. The zero-order chi connectivity index (χ0) is 15.6. The molecule has 0 saturated carbocycles. The van der Waals surface area contributed by atoms with Gasteiger partial charge in [0.05, 0.1) is 10.5 Å². The van der Waals surface area contributed by atoms with E-state index in [2.05, 4.69) is 5.32 Å². The van der Waals surface area contributed by atoms with Gasteiger partial charge in [-0.05, 0) is 40.8 Å². The summed E-state index contributed by atoms with van der Waals surface area (Å²) in [5, 5.41) is 13.1. The summed E-state index contributed by atoms with van der Waals surface area (Å²) in [6.07, 6.45) is 0. The number of nitrogens with one attached hydrogen (secondary N) is 1. The van der Waals surface area contributed by atoms with Crippen molar-refractivity contribution in [2.24, 2.45) is 0 Å². The highest BCUT2D eigenvalue weighted by Crippen LogP contribution is 2.21. The summed E-state index contributed by atoms with van der Waals surface area (Å²) in [4.78, 5) is 22.1. The van der Waals surface area contributed by atoms with Crippen LogP contribution < -0.4 is 5.32 Å². The van der Waals surface area contributed by atoms with Crippen LogP contribution in [0.3, 0.4) is 0 Å². The minimum Gasteiger partial charge on any atom is -0.322 e. The number of nitro groups is 1. The Kier molecular flexibility index (Phi) is 4.46. The Balaban J connectivity index is 2.29. The van der Waals surface area contributed by atoms with Crippen molar-refractivity contribution in [1.82, 2.24) is 0 Å². The zero-order valence-corrected chi connectivity index (χ0v) is 12.4. The van der Waals surface area contributed by atoms with Crippen LogP contribution >= 0.6 is 22.6 Å². The van der Waals surface area contributed by atoms with Gasteiger partial charge in [0.15, 0.2) is 11.6 Å². The minimum absolute atomic E-state index is 0.0567. The molecule has 0 heterocycles. The summed E-state index contributed by atoms with van der Waals surface area (Å²) in [5.74, 6) is -2.77. The average Bonchev–Trinajstić information content (AvgIpc) is 2.43. The number of nitro benzene ring substituents is 1. The Bertz CT molecular complexity index is 737. The molecule has 0 atom stereocenters. The largest absolute Gasteiger partial charge is 0.322 e. The molecule has 8 heteroatoms. The summed E-state index contributed by atoms with van der Waals surface area (Å²) in [7, 11) is 0. The molecule has 0 saturated heterocycles. The van der Waals surface area contributed by atoms with Gasteiger partial charge in [0.2, 0.25) is 0 Å². The van der Waals surface area contributed by atoms with Crippen molar-refractivity contribution in [3.8, 4) is 0 Å². The molecule has 0 aliphatic heterocycles. The predicted octanol–water partition coefficient (Wildman–Crippen LogP) is 3.73. The first-order valence-electron chi connectivity index (χ1n) is 5.59. The smallest absolute Gasteiger partial charge is 0.270 e. The van der Waals surface area contributed by atoms with Gasteiger partial charge in [-0.25, -0.2) is 8.78 Å². The molecule has 2 aromatic carbocycles. The van der Waals surface area contributed by atoms with E-state index in [-0.39, 0.29) is 16.9 Å². The van der Waals surface area contributed by atoms with Gasteiger partial charge in [0, 0.05) is 27.5 Å². The number of benzene rings is 2. The molecule has 0 spiro atoms. The highest BCUT2D eigenvalue weighted by atomic mass is 127. The van der Waals surface area contributed by atoms with Gasteiger partial charge in [0.1, 0.15) is 0 Å². The second kappa shape index (κ2) is 6.12. The van der Waals surface area contributed by atoms with Crippen LogP contribution in [0.25, 0.3) is 0 Å². The Morgan fingerprint density at radius 3 is 2.48 bits per heavy atom. The average molecular weight is 404 g/mol. The van der Waals surface area contributed by atoms with Crippen LogP contribution in [0.5, 0.6) is 0 Å². The third-order valence-electron chi connectivity index (χ3n) is 2.58. The van der Waals surface area contributed by atoms with E-state index < -0.39 is 22.5 Å². The van der Waals surface area contributed by atoms with Gasteiger partial charge in [-0.15, -0.1) is 0 Å². The van der Waals surface area contributed by atoms with E-state index in [1.54, 1.807) is 0 Å². The molecule has 0 unspecified atom stereocenters. The molecular weight excluding hydrogens is 397 g/mol. The van der Waals surface area contributed by atoms with Crippen molar-refractivity contribution in [3.05, 3.63) is 67.3 Å². The summed E-state index contributed by atoms with van der Waals surface area (Å²) in [5.41, 5.74) is -0.0957. The van der Waals surface area contributed by atoms with E-state index in [4.69, 9.17) is 0 Å². The maximum atomic E-state index is 13.1. The van der Waals surface area contributed by atoms with E-state index in [0.29, 0.717) is 3.57 Å². The summed E-state index contributed by atoms with van der Waals surface area (Å²) in [6.45, 7) is 0. The maximum Gasteiger partial charge on any atom is 0.270 e. The highest BCUT2D eigenvalue weighted by Gasteiger charge is 2.16. The van der Waals surface area contributed by atoms with Crippen molar-refractivity contribution >= 4 is 39.9 Å². The summed E-state index contributed by atoms with van der Waals surface area (Å²) >= 11 is 1.85. The Hall–Kier alpha value is -2.10. The fourth-order valence-electron chi connectivity index (χ4n) is 1.57. The van der Waals surface area contributed by atoms with Gasteiger partial charge in [-0.3, -0.25) is 14.9 Å². The summed E-state index contributed by atoms with van der Waals surface area (Å²) < 4.78 is 26.4. The Morgan fingerprint density at radius 2 is 1.86 bits per heavy atom. The molecule has 0 fully saturated rings. The van der Waals surface area contributed by atoms with Crippen LogP contribution in [0.2, 0.25) is 0 Å². The molecule has 108 valence electrons. The molecule has 1 amide bonds. The molecule has 0 aliphatic rings. The van der Waals surface area contributed by atoms with E-state index in [9.17, 15) is 23.7 Å². The number of carbonyl (C=O) groups is 1. The molecule has 0 bridgehead atoms. The van der Waals surface area contributed by atoms with E-state index in [1.807, 2.05) is 22.6 Å². The van der Waals surface area contributed by atoms with Crippen molar-refractivity contribution in [3.63, 3.8) is 0 Å². The topological polar surface area (TPSA) is 72.2 Å². The third kappa shape index (κ3) is 3.51. The van der Waals surface area contributed by atoms with Crippen molar-refractivity contribution < 1.29 is 18.5 Å². The molecule has 0 aliphatic carbocycles. The predicted molar refractivity (Wildman–Crippen MR) is 80.1 cm³/mol. The van der Waals surface area contributed by atoms with Crippen LogP contribution in [-0.4, -0.2) is 10.8 Å². The molecule has 2 aromatic rings. The number of carbonyl (C=O) groups excluding carboxylic acids is 1. The van der Waals surface area contributed by atoms with Gasteiger partial charge in [-0.2, -0.15) is 0 Å². The van der Waals surface area contributed by atoms with Crippen LogP contribution in [-0.2, 0) is 0 Å². The second-order valence-corrected chi connectivity index (χ2v) is 5.17. The van der Waals surface area contributed by atoms with Gasteiger partial charge < -0.3 is 5.32 Å². The Morgan fingerprint density at radius 1 is 1.14 bits per heavy atom. The van der Waals surface area contributed by atoms with Crippen LogP contribution in [0.1, 0.15) is 10.4 Å². The first kappa shape index (κ1) is 15.3. The number of halogens is 3. The minimum atomic E-state index is -1.10. The third-order valence-corrected chi connectivity index (χ3v) is 3.52. The number of hydrogen-bond donors (Lipinski definition) is 1. The number of non-ortho nitro benzene ring substituents is 1. The molecule has 0 radical (unpaired) electrons. The monoisotopic (exact) mass is 404 g/mol. The highest BCUT2D eigenvalue weighted by molar-refractivity contribution is 14.1. The van der Waals surface area contributed by atoms with Gasteiger partial charge >= 0.3 is 0 Å². The standard InChI is InChI=1S/C13H7F2IN2O3/c14-10-3-1-7(5-11(10)15)17-13(19)9-6-8(18(20)21)2-4-12(9)16/h1-6H,(H,17,19).